The first kappa shape index (κ1) is 12.6. The summed E-state index contributed by atoms with van der Waals surface area (Å²) in [5.41, 5.74) is 8.89. The van der Waals surface area contributed by atoms with Crippen LogP contribution in [0.1, 0.15) is 11.6 Å². The minimum Gasteiger partial charge on any atom is -0.491 e. The van der Waals surface area contributed by atoms with Crippen molar-refractivity contribution in [1.82, 2.24) is 9.62 Å². The third-order valence-corrected chi connectivity index (χ3v) is 4.36. The van der Waals surface area contributed by atoms with E-state index in [2.05, 4.69) is 14.7 Å². The molecule has 0 radical (unpaired) electrons. The van der Waals surface area contributed by atoms with Crippen molar-refractivity contribution < 1.29 is 17.9 Å². The Labute approximate surface area is 113 Å². The van der Waals surface area contributed by atoms with Gasteiger partial charge in [0.15, 0.2) is 0 Å². The van der Waals surface area contributed by atoms with Crippen LogP contribution >= 0.6 is 0 Å². The quantitative estimate of drug-likeness (QED) is 0.497. The highest BCUT2D eigenvalue weighted by molar-refractivity contribution is 7.88. The van der Waals surface area contributed by atoms with Crippen molar-refractivity contribution in [3.8, 4) is 5.75 Å². The van der Waals surface area contributed by atoms with Crippen molar-refractivity contribution in [2.45, 2.75) is 12.1 Å². The second-order valence-corrected chi connectivity index (χ2v) is 5.75. The Hall–Kier alpha value is -2.45. The molecule has 1 N–H and O–H groups in total. The van der Waals surface area contributed by atoms with Gasteiger partial charge < -0.3 is 10.1 Å². The van der Waals surface area contributed by atoms with Crippen LogP contribution in [0.15, 0.2) is 28.8 Å². The van der Waals surface area contributed by atoms with Gasteiger partial charge in [-0.1, -0.05) is 18.2 Å². The molecule has 1 aromatic carbocycles. The number of urea groups is 1. The maximum Gasteiger partial charge on any atom is 0.332 e. The highest BCUT2D eigenvalue weighted by Gasteiger charge is 2.49. The Morgan fingerprint density at radius 3 is 2.95 bits per heavy atom. The van der Waals surface area contributed by atoms with Gasteiger partial charge in [0.1, 0.15) is 18.4 Å². The van der Waals surface area contributed by atoms with Gasteiger partial charge in [-0.3, -0.25) is 0 Å². The SMILES string of the molecule is [N-]=[N+]=NS(=O)(=O)N1C(=O)N[C@@H]2COc3ccccc3[C@@H]21. The average molecular weight is 295 g/mol. The summed E-state index contributed by atoms with van der Waals surface area (Å²) in [5.74, 6) is 0.506. The zero-order valence-electron chi connectivity index (χ0n) is 10.0. The number of nitrogens with zero attached hydrogens (tertiary/aromatic N) is 4. The average Bonchev–Trinajstić information content (AvgIpc) is 2.76. The lowest BCUT2D eigenvalue weighted by molar-refractivity contribution is 0.215. The fourth-order valence-corrected chi connectivity index (χ4v) is 3.42. The number of para-hydroxylation sites is 1. The molecular formula is C10H9N5O4S. The highest BCUT2D eigenvalue weighted by atomic mass is 32.2. The number of amides is 2. The maximum atomic E-state index is 11.9. The fraction of sp³-hybridized carbons (Fsp3) is 0.300. The Balaban J connectivity index is 2.14. The van der Waals surface area contributed by atoms with Crippen LogP contribution in [0, 0.1) is 0 Å². The van der Waals surface area contributed by atoms with E-state index in [0.717, 1.165) is 0 Å². The monoisotopic (exact) mass is 295 g/mol. The lowest BCUT2D eigenvalue weighted by atomic mass is 9.98. The topological polar surface area (TPSA) is 124 Å². The summed E-state index contributed by atoms with van der Waals surface area (Å²) in [4.78, 5) is 14.1. The predicted octanol–water partition coefficient (Wildman–Crippen LogP) is 1.07. The molecule has 2 heterocycles. The van der Waals surface area contributed by atoms with E-state index >= 15 is 0 Å². The summed E-state index contributed by atoms with van der Waals surface area (Å²) < 4.78 is 32.6. The van der Waals surface area contributed by atoms with Gasteiger partial charge in [-0.25, -0.2) is 9.10 Å². The third kappa shape index (κ3) is 1.74. The minimum atomic E-state index is -4.40. The molecule has 104 valence electrons. The molecule has 3 rings (SSSR count). The highest BCUT2D eigenvalue weighted by Crippen LogP contribution is 2.40. The Bertz CT molecular complexity index is 727. The smallest absolute Gasteiger partial charge is 0.332 e. The van der Waals surface area contributed by atoms with E-state index < -0.39 is 28.3 Å². The number of hydrogen-bond donors (Lipinski definition) is 1. The van der Waals surface area contributed by atoms with E-state index in [1.54, 1.807) is 24.3 Å². The lowest BCUT2D eigenvalue weighted by Crippen LogP contribution is -2.38. The van der Waals surface area contributed by atoms with E-state index in [0.29, 0.717) is 15.6 Å². The van der Waals surface area contributed by atoms with Crippen LogP contribution in [0.4, 0.5) is 4.79 Å². The molecule has 20 heavy (non-hydrogen) atoms. The summed E-state index contributed by atoms with van der Waals surface area (Å²) in [6.45, 7) is 0.149. The molecule has 2 aliphatic heterocycles. The molecule has 0 bridgehead atoms. The number of carbonyl (C=O) groups excluding carboxylic acids is 1. The molecule has 2 aliphatic rings. The largest absolute Gasteiger partial charge is 0.491 e. The summed E-state index contributed by atoms with van der Waals surface area (Å²) in [6, 6.07) is 4.70. The first-order chi connectivity index (χ1) is 9.54. The molecule has 9 nitrogen and oxygen atoms in total. The van der Waals surface area contributed by atoms with Gasteiger partial charge in [0.2, 0.25) is 0 Å². The molecule has 2 atom stereocenters. The van der Waals surface area contributed by atoms with Gasteiger partial charge in [0, 0.05) is 10.5 Å². The van der Waals surface area contributed by atoms with Crippen LogP contribution in [0.3, 0.4) is 0 Å². The molecule has 1 fully saturated rings. The molecule has 0 aliphatic carbocycles. The van der Waals surface area contributed by atoms with Gasteiger partial charge >= 0.3 is 16.2 Å². The van der Waals surface area contributed by atoms with Gasteiger partial charge in [0.25, 0.3) is 0 Å². The molecule has 0 saturated carbocycles. The molecule has 1 saturated heterocycles. The normalized spacial score (nSPS) is 24.0. The summed E-state index contributed by atoms with van der Waals surface area (Å²) >= 11 is 0. The number of ether oxygens (including phenoxy) is 1. The second-order valence-electron chi connectivity index (χ2n) is 4.29. The van der Waals surface area contributed by atoms with Gasteiger partial charge in [-0.05, 0) is 11.6 Å². The summed E-state index contributed by atoms with van der Waals surface area (Å²) in [5, 5.41) is 2.51. The minimum absolute atomic E-state index is 0.149. The van der Waals surface area contributed by atoms with Crippen molar-refractivity contribution in [3.05, 3.63) is 40.3 Å². The van der Waals surface area contributed by atoms with Crippen molar-refractivity contribution >= 4 is 16.2 Å². The second kappa shape index (κ2) is 4.29. The molecule has 0 aromatic heterocycles. The van der Waals surface area contributed by atoms with Crippen molar-refractivity contribution in [2.24, 2.45) is 4.52 Å². The van der Waals surface area contributed by atoms with Gasteiger partial charge in [-0.2, -0.15) is 8.42 Å². The number of nitrogens with one attached hydrogen (secondary N) is 1. The zero-order valence-corrected chi connectivity index (χ0v) is 10.8. The number of hydrogen-bond acceptors (Lipinski definition) is 4. The molecular weight excluding hydrogens is 286 g/mol. The molecule has 0 unspecified atom stereocenters. The first-order valence-electron chi connectivity index (χ1n) is 5.67. The third-order valence-electron chi connectivity index (χ3n) is 3.19. The standard InChI is InChI=1S/C10H9N5O4S/c11-13-14-20(17,18)15-9-6-3-1-2-4-8(6)19-5-7(9)12-10(15)16/h1-4,7,9H,5H2,(H,12,16)/t7-,9+/m1/s1. The fourth-order valence-electron chi connectivity index (χ4n) is 2.44. The number of azide groups is 1. The summed E-state index contributed by atoms with van der Waals surface area (Å²) in [6.07, 6.45) is 0. The number of benzene rings is 1. The van der Waals surface area contributed by atoms with Crippen molar-refractivity contribution in [2.75, 3.05) is 6.61 Å². The van der Waals surface area contributed by atoms with Crippen LogP contribution in [-0.2, 0) is 10.2 Å². The number of rotatable bonds is 2. The Morgan fingerprint density at radius 2 is 2.20 bits per heavy atom. The number of fused-ring (bicyclic) bond motifs is 3. The predicted molar refractivity (Wildman–Crippen MR) is 66.9 cm³/mol. The zero-order chi connectivity index (χ0) is 14.3. The molecule has 2 amide bonds. The van der Waals surface area contributed by atoms with Crippen LogP contribution in [-0.4, -0.2) is 31.4 Å². The molecule has 1 aromatic rings. The van der Waals surface area contributed by atoms with E-state index in [1.807, 2.05) is 0 Å². The number of carbonyl (C=O) groups is 1. The Kier molecular flexibility index (Phi) is 2.70. The van der Waals surface area contributed by atoms with Crippen LogP contribution in [0.25, 0.3) is 10.4 Å². The molecule has 10 heteroatoms. The van der Waals surface area contributed by atoms with E-state index in [9.17, 15) is 13.2 Å². The maximum absolute atomic E-state index is 11.9. The van der Waals surface area contributed by atoms with Crippen molar-refractivity contribution in [3.63, 3.8) is 0 Å². The first-order valence-corrected chi connectivity index (χ1v) is 7.07. The van der Waals surface area contributed by atoms with Gasteiger partial charge in [0.05, 0.1) is 10.6 Å². The summed E-state index contributed by atoms with van der Waals surface area (Å²) in [7, 11) is -4.40. The van der Waals surface area contributed by atoms with E-state index in [-0.39, 0.29) is 6.61 Å². The van der Waals surface area contributed by atoms with Crippen molar-refractivity contribution in [1.29, 1.82) is 0 Å². The van der Waals surface area contributed by atoms with Crippen LogP contribution in [0.2, 0.25) is 0 Å². The van der Waals surface area contributed by atoms with Gasteiger partial charge in [-0.15, -0.1) is 0 Å². The van der Waals surface area contributed by atoms with E-state index in [4.69, 9.17) is 10.3 Å². The van der Waals surface area contributed by atoms with Crippen LogP contribution in [0.5, 0.6) is 5.75 Å². The lowest BCUT2D eigenvalue weighted by Gasteiger charge is -2.30. The Morgan fingerprint density at radius 1 is 1.45 bits per heavy atom. The molecule has 0 spiro atoms. The van der Waals surface area contributed by atoms with E-state index in [1.165, 1.54) is 0 Å². The van der Waals surface area contributed by atoms with Crippen LogP contribution < -0.4 is 10.1 Å².